The van der Waals surface area contributed by atoms with Gasteiger partial charge in [-0.25, -0.2) is 9.89 Å². The maximum Gasteiger partial charge on any atom is 0.378 e. The number of fused-ring (bicyclic) bond motifs is 1. The molecule has 0 aromatic carbocycles. The molecule has 0 bridgehead atoms. The molecule has 2 aromatic rings. The van der Waals surface area contributed by atoms with Crippen molar-refractivity contribution in [2.24, 2.45) is 11.8 Å². The first kappa shape index (κ1) is 24.0. The Morgan fingerprint density at radius 2 is 2.03 bits per heavy atom. The lowest BCUT2D eigenvalue weighted by atomic mass is 10.00. The van der Waals surface area contributed by atoms with Crippen LogP contribution in [0.25, 0.3) is 11.7 Å². The van der Waals surface area contributed by atoms with Crippen molar-refractivity contribution < 1.29 is 24.0 Å². The van der Waals surface area contributed by atoms with Gasteiger partial charge in [-0.2, -0.15) is 4.57 Å². The molecule has 3 heterocycles. The number of H-pyrrole nitrogens is 1. The second-order valence-corrected chi connectivity index (χ2v) is 9.75. The second-order valence-electron chi connectivity index (χ2n) is 9.75. The maximum atomic E-state index is 13.1. The highest BCUT2D eigenvalue weighted by Crippen LogP contribution is 2.21. The maximum absolute atomic E-state index is 13.1. The molecule has 3 N–H and O–H groups in total. The number of likely N-dealkylation sites (N-methyl/N-ethyl adjacent to an activating group) is 1. The van der Waals surface area contributed by atoms with Crippen LogP contribution in [0, 0.1) is 11.8 Å². The lowest BCUT2D eigenvalue weighted by Crippen LogP contribution is -2.46. The average molecular weight is 473 g/mol. The Morgan fingerprint density at radius 1 is 1.32 bits per heavy atom. The van der Waals surface area contributed by atoms with E-state index in [4.69, 9.17) is 4.74 Å². The van der Waals surface area contributed by atoms with Crippen molar-refractivity contribution in [1.29, 1.82) is 0 Å². The minimum Gasteiger partial charge on any atom is -0.477 e. The molecule has 0 atom stereocenters. The summed E-state index contributed by atoms with van der Waals surface area (Å²) < 4.78 is 8.19. The highest BCUT2D eigenvalue weighted by molar-refractivity contribution is 5.96. The number of rotatable bonds is 8. The van der Waals surface area contributed by atoms with Crippen LogP contribution in [0.5, 0.6) is 5.88 Å². The van der Waals surface area contributed by atoms with E-state index in [1.165, 1.54) is 10.6 Å². The number of nitrogens with one attached hydrogen (secondary N) is 2. The molecule has 184 valence electrons. The summed E-state index contributed by atoms with van der Waals surface area (Å²) in [5, 5.41) is 16.6. The van der Waals surface area contributed by atoms with Crippen LogP contribution in [0.3, 0.4) is 0 Å². The molecule has 2 aliphatic rings. The Hall–Kier alpha value is -3.14. The number of hydrogen-bond donors (Lipinski definition) is 3. The normalized spacial score (nSPS) is 17.1. The Morgan fingerprint density at radius 3 is 2.68 bits per heavy atom. The topological polar surface area (TPSA) is 120 Å². The molecule has 10 nitrogen and oxygen atoms in total. The molecular weight excluding hydrogens is 438 g/mol. The number of ether oxygens (including phenoxy) is 1. The van der Waals surface area contributed by atoms with Gasteiger partial charge in [-0.1, -0.05) is 18.4 Å². The van der Waals surface area contributed by atoms with E-state index >= 15 is 0 Å². The Bertz CT molecular complexity index is 1150. The van der Waals surface area contributed by atoms with Gasteiger partial charge in [-0.05, 0) is 43.6 Å². The number of nitrogens with zero attached hydrogens (tertiary/aromatic N) is 3. The first-order chi connectivity index (χ1) is 16.3. The molecule has 2 aromatic heterocycles. The smallest absolute Gasteiger partial charge is 0.378 e. The van der Waals surface area contributed by atoms with E-state index in [-0.39, 0.29) is 29.3 Å². The van der Waals surface area contributed by atoms with Crippen LogP contribution in [0.1, 0.15) is 55.5 Å². The van der Waals surface area contributed by atoms with Crippen molar-refractivity contribution in [2.45, 2.75) is 52.1 Å². The fourth-order valence-corrected chi connectivity index (χ4v) is 4.30. The van der Waals surface area contributed by atoms with E-state index in [1.54, 1.807) is 28.8 Å². The lowest BCUT2D eigenvalue weighted by molar-refractivity contribution is -0.686. The molecule has 1 saturated carbocycles. The van der Waals surface area contributed by atoms with E-state index in [0.717, 1.165) is 38.9 Å². The van der Waals surface area contributed by atoms with Crippen molar-refractivity contribution in [2.75, 3.05) is 26.8 Å². The zero-order chi connectivity index (χ0) is 24.4. The average Bonchev–Trinajstić information content (AvgIpc) is 3.50. The van der Waals surface area contributed by atoms with Crippen LogP contribution in [-0.2, 0) is 16.1 Å². The fourth-order valence-electron chi connectivity index (χ4n) is 4.30. The van der Waals surface area contributed by atoms with Gasteiger partial charge in [0.2, 0.25) is 11.5 Å². The van der Waals surface area contributed by atoms with Crippen LogP contribution in [0.4, 0.5) is 0 Å². The zero-order valence-corrected chi connectivity index (χ0v) is 20.0. The van der Waals surface area contributed by atoms with E-state index < -0.39 is 11.5 Å². The highest BCUT2D eigenvalue weighted by Gasteiger charge is 2.34. The first-order valence-electron chi connectivity index (χ1n) is 12.0. The van der Waals surface area contributed by atoms with Crippen LogP contribution in [-0.4, -0.2) is 64.3 Å². The molecular formula is C24H34N5O5+. The third-order valence-corrected chi connectivity index (χ3v) is 6.31. The largest absolute Gasteiger partial charge is 0.477 e. The van der Waals surface area contributed by atoms with Gasteiger partial charge in [0.1, 0.15) is 0 Å². The van der Waals surface area contributed by atoms with Crippen LogP contribution in [0.15, 0.2) is 17.1 Å². The summed E-state index contributed by atoms with van der Waals surface area (Å²) in [5.41, 5.74) is 0.0493. The lowest BCUT2D eigenvalue weighted by Gasteiger charge is -2.26. The summed E-state index contributed by atoms with van der Waals surface area (Å²) >= 11 is 0. The predicted octanol–water partition coefficient (Wildman–Crippen LogP) is 1.07. The molecule has 0 unspecified atom stereocenters. The standard InChI is InChI=1S/C24H33N5O5/c1-15(2)13-28-22-17(4-7-19(30)27(3)14-16-8-10-34-11-9-16)12-25-29(22)24(33)20(23(28)32)21(31)26-18-5-6-18/h4,7,12,15-16,18H,5-6,8-11,13-14H2,1-3H3,(H2,26,31,32,33)/p+1/b7-4+. The van der Waals surface area contributed by atoms with Gasteiger partial charge in [0.15, 0.2) is 0 Å². The van der Waals surface area contributed by atoms with E-state index in [0.29, 0.717) is 30.2 Å². The summed E-state index contributed by atoms with van der Waals surface area (Å²) in [7, 11) is 1.78. The molecule has 1 saturated heterocycles. The number of carbonyl (C=O) groups excluding carboxylic acids is 2. The molecule has 0 radical (unpaired) electrons. The van der Waals surface area contributed by atoms with Gasteiger partial charge >= 0.3 is 17.1 Å². The quantitative estimate of drug-likeness (QED) is 0.392. The molecule has 2 fully saturated rings. The minimum atomic E-state index is -0.631. The first-order valence-corrected chi connectivity index (χ1v) is 12.0. The van der Waals surface area contributed by atoms with Crippen LogP contribution >= 0.6 is 0 Å². The van der Waals surface area contributed by atoms with Gasteiger partial charge < -0.3 is 20.1 Å². The molecule has 1 aliphatic carbocycles. The van der Waals surface area contributed by atoms with Gasteiger partial charge in [-0.3, -0.25) is 9.59 Å². The Kier molecular flexibility index (Phi) is 7.06. The number of hydrogen-bond acceptors (Lipinski definition) is 5. The number of carbonyl (C=O) groups is 2. The van der Waals surface area contributed by atoms with Crippen LogP contribution in [0.2, 0.25) is 0 Å². The van der Waals surface area contributed by atoms with Crippen molar-refractivity contribution in [3.63, 3.8) is 0 Å². The van der Waals surface area contributed by atoms with Gasteiger partial charge in [-0.15, -0.1) is 0 Å². The molecule has 2 amide bonds. The van der Waals surface area contributed by atoms with E-state index in [9.17, 15) is 19.5 Å². The highest BCUT2D eigenvalue weighted by atomic mass is 16.5. The van der Waals surface area contributed by atoms with Crippen molar-refractivity contribution in [3.8, 4) is 5.88 Å². The van der Waals surface area contributed by atoms with Gasteiger partial charge in [0.25, 0.3) is 5.91 Å². The van der Waals surface area contributed by atoms with Crippen molar-refractivity contribution in [1.82, 2.24) is 19.8 Å². The Balaban J connectivity index is 1.64. The third kappa shape index (κ3) is 5.16. The molecule has 34 heavy (non-hydrogen) atoms. The number of aromatic hydroxyl groups is 1. The predicted molar refractivity (Wildman–Crippen MR) is 125 cm³/mol. The Labute approximate surface area is 198 Å². The molecule has 10 heteroatoms. The van der Waals surface area contributed by atoms with Gasteiger partial charge in [0.05, 0.1) is 18.3 Å². The molecule has 1 aliphatic heterocycles. The van der Waals surface area contributed by atoms with E-state index in [2.05, 4.69) is 10.4 Å². The second kappa shape index (κ2) is 10.0. The molecule has 0 spiro atoms. The minimum absolute atomic E-state index is 0.0526. The van der Waals surface area contributed by atoms with Crippen molar-refractivity contribution in [3.05, 3.63) is 33.8 Å². The molecule has 4 rings (SSSR count). The zero-order valence-electron chi connectivity index (χ0n) is 20.0. The monoisotopic (exact) mass is 472 g/mol. The van der Waals surface area contributed by atoms with Crippen molar-refractivity contribution >= 4 is 23.5 Å². The summed E-state index contributed by atoms with van der Waals surface area (Å²) in [5.74, 6) is -0.528. The van der Waals surface area contributed by atoms with Crippen LogP contribution < -0.4 is 15.4 Å². The SMILES string of the molecule is CC(C)C[n+]1c(O)c(C(=O)NC2CC2)c(=O)n2[nH]cc(/C=C/C(=O)N(C)CC3CCOCC3)c21. The third-order valence-electron chi connectivity index (χ3n) is 6.31. The van der Waals surface area contributed by atoms with Gasteiger partial charge in [0, 0.05) is 38.9 Å². The summed E-state index contributed by atoms with van der Waals surface area (Å²) in [6.45, 7) is 6.46. The summed E-state index contributed by atoms with van der Waals surface area (Å²) in [4.78, 5) is 40.2. The number of amides is 2. The number of aromatic amines is 1. The number of aromatic nitrogens is 3. The fraction of sp³-hybridized carbons (Fsp3) is 0.583. The summed E-state index contributed by atoms with van der Waals surface area (Å²) in [6.07, 6.45) is 8.33. The summed E-state index contributed by atoms with van der Waals surface area (Å²) in [6, 6.07) is 0.0526. The van der Waals surface area contributed by atoms with E-state index in [1.807, 2.05) is 13.8 Å².